The second-order valence-corrected chi connectivity index (χ2v) is 9.16. The smallest absolute Gasteiger partial charge is 0.475 e. The summed E-state index contributed by atoms with van der Waals surface area (Å²) in [4.78, 5) is 16.9. The molecule has 1 aromatic heterocycles. The number of nitriles is 1. The number of aromatic nitrogens is 1. The first-order valence-electron chi connectivity index (χ1n) is 10.7. The lowest BCUT2D eigenvalue weighted by Crippen LogP contribution is -2.19. The summed E-state index contributed by atoms with van der Waals surface area (Å²) in [6.45, 7) is 2.75. The second-order valence-electron chi connectivity index (χ2n) is 7.09. The number of amides is 1. The fraction of sp³-hybridized carbons (Fsp3) is 0.261. The van der Waals surface area contributed by atoms with E-state index in [9.17, 15) is 19.0 Å². The number of carbonyl (C=O) groups excluding carboxylic acids is 1. The van der Waals surface area contributed by atoms with Crippen LogP contribution in [0.25, 0.3) is 10.9 Å². The van der Waals surface area contributed by atoms with Gasteiger partial charge in [-0.05, 0) is 38.1 Å². The highest BCUT2D eigenvalue weighted by Crippen LogP contribution is 2.49. The van der Waals surface area contributed by atoms with Crippen LogP contribution in [0.15, 0.2) is 36.5 Å². The molecule has 0 bridgehead atoms. The van der Waals surface area contributed by atoms with E-state index in [1.54, 1.807) is 26.0 Å². The van der Waals surface area contributed by atoms with Gasteiger partial charge in [0.2, 0.25) is 0 Å². The largest absolute Gasteiger partial charge is 0.494 e. The average molecular weight is 537 g/mol. The SMILES string of the molecule is CCOP(=O)(OCC)OCC(=O)Nc1cc2c(Nc3ccc(F)c(Cl)c3)c(C#N)cnc2cc1OC. The Morgan fingerprint density at radius 3 is 2.53 bits per heavy atom. The molecule has 0 aliphatic heterocycles. The van der Waals surface area contributed by atoms with E-state index in [2.05, 4.69) is 21.7 Å². The van der Waals surface area contributed by atoms with E-state index in [1.807, 2.05) is 0 Å². The number of ether oxygens (including phenoxy) is 1. The summed E-state index contributed by atoms with van der Waals surface area (Å²) in [7, 11) is -2.47. The monoisotopic (exact) mass is 536 g/mol. The highest BCUT2D eigenvalue weighted by molar-refractivity contribution is 7.48. The molecule has 2 N–H and O–H groups in total. The normalized spacial score (nSPS) is 11.2. The van der Waals surface area contributed by atoms with Gasteiger partial charge in [0.1, 0.15) is 24.2 Å². The van der Waals surface area contributed by atoms with E-state index in [1.165, 1.54) is 31.5 Å². The van der Waals surface area contributed by atoms with Crippen molar-refractivity contribution in [2.24, 2.45) is 0 Å². The summed E-state index contributed by atoms with van der Waals surface area (Å²) in [6, 6.07) is 9.21. The second kappa shape index (κ2) is 12.1. The third-order valence-electron chi connectivity index (χ3n) is 4.70. The van der Waals surface area contributed by atoms with Crippen molar-refractivity contribution in [1.29, 1.82) is 5.26 Å². The standard InChI is InChI=1S/C23H23ClFN4O6P/c1-4-33-36(31,34-5-2)35-13-22(30)29-20-9-16-19(10-21(20)32-3)27-12-14(11-26)23(16)28-15-6-7-18(25)17(24)8-15/h6-10,12H,4-5,13H2,1-3H3,(H,27,28)(H,29,30). The molecule has 0 radical (unpaired) electrons. The third kappa shape index (κ3) is 6.49. The topological polar surface area (TPSA) is 132 Å². The van der Waals surface area contributed by atoms with Crippen molar-refractivity contribution in [3.8, 4) is 11.8 Å². The number of phosphoric ester groups is 1. The molecule has 1 amide bonds. The predicted molar refractivity (Wildman–Crippen MR) is 133 cm³/mol. The summed E-state index contributed by atoms with van der Waals surface area (Å²) < 4.78 is 46.6. The fourth-order valence-corrected chi connectivity index (χ4v) is 4.49. The molecule has 190 valence electrons. The van der Waals surface area contributed by atoms with Gasteiger partial charge in [0, 0.05) is 23.3 Å². The Morgan fingerprint density at radius 1 is 1.19 bits per heavy atom. The molecule has 0 spiro atoms. The van der Waals surface area contributed by atoms with Gasteiger partial charge in [-0.2, -0.15) is 5.26 Å². The molecule has 36 heavy (non-hydrogen) atoms. The van der Waals surface area contributed by atoms with E-state index < -0.39 is 26.2 Å². The Bertz CT molecular complexity index is 1360. The zero-order valence-corrected chi connectivity index (χ0v) is 21.3. The van der Waals surface area contributed by atoms with E-state index >= 15 is 0 Å². The summed E-state index contributed by atoms with van der Waals surface area (Å²) in [5, 5.41) is 15.7. The molecular formula is C23H23ClFN4O6P. The molecule has 3 aromatic rings. The van der Waals surface area contributed by atoms with Crippen LogP contribution in [0.1, 0.15) is 19.4 Å². The van der Waals surface area contributed by atoms with Crippen LogP contribution in [0, 0.1) is 17.1 Å². The van der Waals surface area contributed by atoms with Gasteiger partial charge in [0.25, 0.3) is 5.91 Å². The van der Waals surface area contributed by atoms with Gasteiger partial charge in [-0.25, -0.2) is 8.96 Å². The maximum atomic E-state index is 13.6. The number of anilines is 3. The number of methoxy groups -OCH3 is 1. The first-order valence-corrected chi connectivity index (χ1v) is 12.5. The Labute approximate surface area is 211 Å². The van der Waals surface area contributed by atoms with Crippen molar-refractivity contribution in [3.05, 3.63) is 52.9 Å². The number of hydrogen-bond donors (Lipinski definition) is 2. The van der Waals surface area contributed by atoms with Gasteiger partial charge >= 0.3 is 7.82 Å². The number of benzene rings is 2. The molecule has 0 saturated heterocycles. The van der Waals surface area contributed by atoms with Crippen molar-refractivity contribution in [2.45, 2.75) is 13.8 Å². The lowest BCUT2D eigenvalue weighted by Gasteiger charge is -2.17. The maximum absolute atomic E-state index is 13.6. The Morgan fingerprint density at radius 2 is 1.92 bits per heavy atom. The van der Waals surface area contributed by atoms with Crippen LogP contribution < -0.4 is 15.4 Å². The quantitative estimate of drug-likeness (QED) is 0.292. The van der Waals surface area contributed by atoms with Crippen molar-refractivity contribution in [3.63, 3.8) is 0 Å². The molecule has 1 heterocycles. The number of nitrogens with zero attached hydrogens (tertiary/aromatic N) is 2. The van der Waals surface area contributed by atoms with Crippen LogP contribution in [0.3, 0.4) is 0 Å². The number of halogens is 2. The number of hydrogen-bond acceptors (Lipinski definition) is 9. The van der Waals surface area contributed by atoms with Crippen LogP contribution in [0.2, 0.25) is 5.02 Å². The van der Waals surface area contributed by atoms with Gasteiger partial charge in [-0.3, -0.25) is 23.3 Å². The van der Waals surface area contributed by atoms with E-state index in [-0.39, 0.29) is 35.2 Å². The van der Waals surface area contributed by atoms with Crippen molar-refractivity contribution in [2.75, 3.05) is 37.6 Å². The molecule has 0 saturated carbocycles. The van der Waals surface area contributed by atoms with Crippen molar-refractivity contribution >= 4 is 53.3 Å². The van der Waals surface area contributed by atoms with Crippen molar-refractivity contribution in [1.82, 2.24) is 4.98 Å². The van der Waals surface area contributed by atoms with Crippen LogP contribution in [0.4, 0.5) is 21.5 Å². The first kappa shape index (κ1) is 27.3. The molecule has 13 heteroatoms. The highest BCUT2D eigenvalue weighted by Gasteiger charge is 2.27. The van der Waals surface area contributed by atoms with Gasteiger partial charge in [0.05, 0.1) is 47.8 Å². The molecule has 0 aliphatic rings. The Balaban J connectivity index is 1.95. The highest BCUT2D eigenvalue weighted by atomic mass is 35.5. The molecule has 0 aliphatic carbocycles. The third-order valence-corrected chi connectivity index (χ3v) is 6.58. The van der Waals surface area contributed by atoms with Crippen LogP contribution in [-0.2, 0) is 22.9 Å². The molecule has 0 fully saturated rings. The summed E-state index contributed by atoms with van der Waals surface area (Å²) in [5.41, 5.74) is 1.67. The summed E-state index contributed by atoms with van der Waals surface area (Å²) in [5.74, 6) is -0.962. The molecular weight excluding hydrogens is 514 g/mol. The number of rotatable bonds is 11. The van der Waals surface area contributed by atoms with Crippen LogP contribution in [0.5, 0.6) is 5.75 Å². The Kier molecular flexibility index (Phi) is 9.20. The van der Waals surface area contributed by atoms with Gasteiger partial charge in [-0.1, -0.05) is 11.6 Å². The zero-order valence-electron chi connectivity index (χ0n) is 19.6. The molecule has 3 rings (SSSR count). The van der Waals surface area contributed by atoms with Crippen LogP contribution >= 0.6 is 19.4 Å². The molecule has 2 aromatic carbocycles. The first-order chi connectivity index (χ1) is 17.2. The minimum atomic E-state index is -3.89. The van der Waals surface area contributed by atoms with Gasteiger partial charge in [-0.15, -0.1) is 0 Å². The lowest BCUT2D eigenvalue weighted by atomic mass is 10.1. The minimum absolute atomic E-state index is 0.0701. The van der Waals surface area contributed by atoms with Gasteiger partial charge in [0.15, 0.2) is 0 Å². The Hall–Kier alpha value is -3.26. The average Bonchev–Trinajstić information content (AvgIpc) is 2.85. The van der Waals surface area contributed by atoms with E-state index in [0.29, 0.717) is 22.3 Å². The predicted octanol–water partition coefficient (Wildman–Crippen LogP) is 5.79. The van der Waals surface area contributed by atoms with Crippen LogP contribution in [-0.4, -0.2) is 37.8 Å². The maximum Gasteiger partial charge on any atom is 0.475 e. The molecule has 0 unspecified atom stereocenters. The number of pyridine rings is 1. The number of phosphoric acid groups is 1. The summed E-state index contributed by atoms with van der Waals surface area (Å²) in [6.07, 6.45) is 1.38. The summed E-state index contributed by atoms with van der Waals surface area (Å²) >= 11 is 5.89. The lowest BCUT2D eigenvalue weighted by molar-refractivity contribution is -0.118. The molecule has 0 atom stereocenters. The minimum Gasteiger partial charge on any atom is -0.494 e. The van der Waals surface area contributed by atoms with E-state index in [0.717, 1.165) is 0 Å². The number of nitrogens with one attached hydrogen (secondary N) is 2. The fourth-order valence-electron chi connectivity index (χ4n) is 3.18. The van der Waals surface area contributed by atoms with Gasteiger partial charge < -0.3 is 15.4 Å². The molecule has 10 nitrogen and oxygen atoms in total. The van der Waals surface area contributed by atoms with E-state index in [4.69, 9.17) is 29.9 Å². The number of carbonyl (C=O) groups is 1. The van der Waals surface area contributed by atoms with Crippen molar-refractivity contribution < 1.29 is 32.1 Å². The number of fused-ring (bicyclic) bond motifs is 1. The zero-order chi connectivity index (χ0) is 26.3.